The Bertz CT molecular complexity index is 240. The van der Waals surface area contributed by atoms with Crippen LogP contribution in [-0.4, -0.2) is 34.0 Å². The molecular weight excluding hydrogens is 168 g/mol. The fraction of sp³-hybridized carbons (Fsp3) is 0.667. The zero-order valence-corrected chi connectivity index (χ0v) is 7.47. The van der Waals surface area contributed by atoms with E-state index in [0.717, 1.165) is 12.8 Å². The Morgan fingerprint density at radius 1 is 1.54 bits per heavy atom. The van der Waals surface area contributed by atoms with Gasteiger partial charge < -0.3 is 14.4 Å². The summed E-state index contributed by atoms with van der Waals surface area (Å²) in [6, 6.07) is 0.394. The lowest BCUT2D eigenvalue weighted by Crippen LogP contribution is -2.29. The summed E-state index contributed by atoms with van der Waals surface area (Å²) < 4.78 is 7.53. The third kappa shape index (κ3) is 1.89. The smallest absolute Gasteiger partial charge is 0.0949 e. The first-order chi connectivity index (χ1) is 6.40. The maximum Gasteiger partial charge on any atom is 0.0949 e. The molecule has 1 fully saturated rings. The topological polar surface area (TPSA) is 47.3 Å². The summed E-state index contributed by atoms with van der Waals surface area (Å²) in [6.45, 7) is 0.818. The van der Waals surface area contributed by atoms with Crippen molar-refractivity contribution < 1.29 is 9.84 Å². The van der Waals surface area contributed by atoms with Crippen LogP contribution >= 0.6 is 0 Å². The molecule has 0 saturated carbocycles. The maximum absolute atomic E-state index is 8.86. The lowest BCUT2D eigenvalue weighted by Gasteiger charge is -2.28. The molecule has 0 spiro atoms. The summed E-state index contributed by atoms with van der Waals surface area (Å²) in [7, 11) is 0. The van der Waals surface area contributed by atoms with Gasteiger partial charge in [-0.15, -0.1) is 0 Å². The van der Waals surface area contributed by atoms with Crippen LogP contribution in [0.2, 0.25) is 0 Å². The highest BCUT2D eigenvalue weighted by Gasteiger charge is 2.21. The largest absolute Gasteiger partial charge is 0.394 e. The lowest BCUT2D eigenvalue weighted by atomic mass is 10.1. The first-order valence-corrected chi connectivity index (χ1v) is 4.60. The van der Waals surface area contributed by atoms with Crippen LogP contribution in [0.1, 0.15) is 18.9 Å². The van der Waals surface area contributed by atoms with Crippen molar-refractivity contribution in [1.82, 2.24) is 9.55 Å². The van der Waals surface area contributed by atoms with E-state index in [1.165, 1.54) is 0 Å². The van der Waals surface area contributed by atoms with Crippen LogP contribution in [-0.2, 0) is 4.74 Å². The van der Waals surface area contributed by atoms with Crippen molar-refractivity contribution in [2.24, 2.45) is 0 Å². The van der Waals surface area contributed by atoms with Gasteiger partial charge in [-0.2, -0.15) is 0 Å². The number of ether oxygens (including phenoxy) is 1. The van der Waals surface area contributed by atoms with Gasteiger partial charge in [-0.05, 0) is 12.8 Å². The summed E-state index contributed by atoms with van der Waals surface area (Å²) >= 11 is 0. The molecule has 0 radical (unpaired) electrons. The number of hydrogen-bond donors (Lipinski definition) is 1. The molecule has 0 aliphatic carbocycles. The SMILES string of the molecule is OC[C@H]1CC[C@H](n2ccnc2)CO1. The molecule has 1 N–H and O–H groups in total. The summed E-state index contributed by atoms with van der Waals surface area (Å²) in [5.41, 5.74) is 0. The molecule has 72 valence electrons. The van der Waals surface area contributed by atoms with Gasteiger partial charge in [0.2, 0.25) is 0 Å². The van der Waals surface area contributed by atoms with Gasteiger partial charge in [-0.3, -0.25) is 0 Å². The Morgan fingerprint density at radius 3 is 3.00 bits per heavy atom. The number of imidazole rings is 1. The van der Waals surface area contributed by atoms with Crippen LogP contribution in [0.3, 0.4) is 0 Å². The third-order valence-electron chi connectivity index (χ3n) is 2.50. The van der Waals surface area contributed by atoms with Crippen LogP contribution in [0.15, 0.2) is 18.7 Å². The Kier molecular flexibility index (Phi) is 2.61. The van der Waals surface area contributed by atoms with Crippen LogP contribution < -0.4 is 0 Å². The van der Waals surface area contributed by atoms with E-state index in [0.29, 0.717) is 12.6 Å². The minimum atomic E-state index is 0.0415. The number of rotatable bonds is 2. The summed E-state index contributed by atoms with van der Waals surface area (Å²) in [4.78, 5) is 3.99. The standard InChI is InChI=1S/C9H14N2O2/c12-5-9-2-1-8(6-13-9)11-4-3-10-7-11/h3-4,7-9,12H,1-2,5-6H2/t8-,9+/m0/s1. The molecule has 1 aliphatic heterocycles. The van der Waals surface area contributed by atoms with Gasteiger partial charge in [0.25, 0.3) is 0 Å². The average molecular weight is 182 g/mol. The number of aliphatic hydroxyl groups excluding tert-OH is 1. The van der Waals surface area contributed by atoms with Gasteiger partial charge in [-0.25, -0.2) is 4.98 Å². The number of aromatic nitrogens is 2. The molecule has 0 unspecified atom stereocenters. The monoisotopic (exact) mass is 182 g/mol. The van der Waals surface area contributed by atoms with Crippen molar-refractivity contribution >= 4 is 0 Å². The van der Waals surface area contributed by atoms with Gasteiger partial charge in [0, 0.05) is 12.4 Å². The minimum Gasteiger partial charge on any atom is -0.394 e. The van der Waals surface area contributed by atoms with Gasteiger partial charge in [0.05, 0.1) is 31.7 Å². The zero-order chi connectivity index (χ0) is 9.10. The van der Waals surface area contributed by atoms with E-state index in [9.17, 15) is 0 Å². The van der Waals surface area contributed by atoms with Gasteiger partial charge in [0.1, 0.15) is 0 Å². The van der Waals surface area contributed by atoms with Gasteiger partial charge in [-0.1, -0.05) is 0 Å². The third-order valence-corrected chi connectivity index (χ3v) is 2.50. The molecule has 4 nitrogen and oxygen atoms in total. The normalized spacial score (nSPS) is 29.0. The molecule has 1 aliphatic rings. The molecule has 1 aromatic rings. The molecule has 0 aromatic carbocycles. The molecule has 2 heterocycles. The van der Waals surface area contributed by atoms with Crippen LogP contribution in [0, 0.1) is 0 Å². The summed E-state index contributed by atoms with van der Waals surface area (Å²) in [6.07, 6.45) is 7.57. The molecular formula is C9H14N2O2. The van der Waals surface area contributed by atoms with Gasteiger partial charge >= 0.3 is 0 Å². The van der Waals surface area contributed by atoms with Crippen molar-refractivity contribution in [3.05, 3.63) is 18.7 Å². The molecule has 2 atom stereocenters. The molecule has 4 heteroatoms. The highest BCUT2D eigenvalue weighted by atomic mass is 16.5. The Hall–Kier alpha value is -0.870. The molecule has 0 bridgehead atoms. The quantitative estimate of drug-likeness (QED) is 0.728. The number of nitrogens with zero attached hydrogens (tertiary/aromatic N) is 2. The predicted octanol–water partition coefficient (Wildman–Crippen LogP) is 0.596. The van der Waals surface area contributed by atoms with E-state index in [-0.39, 0.29) is 12.7 Å². The highest BCUT2D eigenvalue weighted by molar-refractivity contribution is 4.83. The van der Waals surface area contributed by atoms with Crippen LogP contribution in [0.4, 0.5) is 0 Å². The van der Waals surface area contributed by atoms with Crippen molar-refractivity contribution in [1.29, 1.82) is 0 Å². The molecule has 0 amide bonds. The minimum absolute atomic E-state index is 0.0415. The van der Waals surface area contributed by atoms with Crippen molar-refractivity contribution in [2.45, 2.75) is 25.0 Å². The first kappa shape index (κ1) is 8.72. The van der Waals surface area contributed by atoms with Crippen molar-refractivity contribution in [3.8, 4) is 0 Å². The molecule has 2 rings (SSSR count). The fourth-order valence-electron chi connectivity index (χ4n) is 1.66. The maximum atomic E-state index is 8.86. The summed E-state index contributed by atoms with van der Waals surface area (Å²) in [5, 5.41) is 8.86. The zero-order valence-electron chi connectivity index (χ0n) is 7.47. The fourth-order valence-corrected chi connectivity index (χ4v) is 1.66. The predicted molar refractivity (Wildman–Crippen MR) is 47.3 cm³/mol. The second-order valence-corrected chi connectivity index (χ2v) is 3.38. The van der Waals surface area contributed by atoms with E-state index < -0.39 is 0 Å². The van der Waals surface area contributed by atoms with Gasteiger partial charge in [0.15, 0.2) is 0 Å². The average Bonchev–Trinajstić information content (AvgIpc) is 2.71. The van der Waals surface area contributed by atoms with E-state index in [2.05, 4.69) is 9.55 Å². The van der Waals surface area contributed by atoms with Crippen molar-refractivity contribution in [3.63, 3.8) is 0 Å². The molecule has 1 aromatic heterocycles. The second kappa shape index (κ2) is 3.89. The number of hydrogen-bond acceptors (Lipinski definition) is 3. The number of aliphatic hydroxyl groups is 1. The lowest BCUT2D eigenvalue weighted by molar-refractivity contribution is -0.0389. The Morgan fingerprint density at radius 2 is 2.46 bits per heavy atom. The summed E-state index contributed by atoms with van der Waals surface area (Å²) in [5.74, 6) is 0. The second-order valence-electron chi connectivity index (χ2n) is 3.38. The Balaban J connectivity index is 1.92. The van der Waals surface area contributed by atoms with Crippen LogP contribution in [0.5, 0.6) is 0 Å². The van der Waals surface area contributed by atoms with Crippen LogP contribution in [0.25, 0.3) is 0 Å². The Labute approximate surface area is 77.2 Å². The highest BCUT2D eigenvalue weighted by Crippen LogP contribution is 2.22. The molecule has 13 heavy (non-hydrogen) atoms. The molecule has 1 saturated heterocycles. The van der Waals surface area contributed by atoms with Crippen molar-refractivity contribution in [2.75, 3.05) is 13.2 Å². The van der Waals surface area contributed by atoms with E-state index in [1.807, 2.05) is 12.5 Å². The van der Waals surface area contributed by atoms with E-state index in [4.69, 9.17) is 9.84 Å². The van der Waals surface area contributed by atoms with E-state index in [1.54, 1.807) is 6.20 Å². The van der Waals surface area contributed by atoms with E-state index >= 15 is 0 Å². The first-order valence-electron chi connectivity index (χ1n) is 4.60.